The van der Waals surface area contributed by atoms with Crippen molar-refractivity contribution in [1.29, 1.82) is 0 Å². The zero-order chi connectivity index (χ0) is 18.8. The highest BCUT2D eigenvalue weighted by molar-refractivity contribution is 7.17. The highest BCUT2D eigenvalue weighted by Gasteiger charge is 2.18. The molecule has 0 unspecified atom stereocenters. The second kappa shape index (κ2) is 7.04. The fourth-order valence-electron chi connectivity index (χ4n) is 2.48. The number of anilines is 1. The number of halogens is 1. The average Bonchev–Trinajstić information content (AvgIpc) is 3.32. The van der Waals surface area contributed by atoms with Gasteiger partial charge < -0.3 is 5.32 Å². The van der Waals surface area contributed by atoms with Gasteiger partial charge in [0, 0.05) is 24.0 Å². The molecule has 1 aromatic carbocycles. The molecule has 0 aliphatic carbocycles. The summed E-state index contributed by atoms with van der Waals surface area (Å²) in [7, 11) is 0. The Morgan fingerprint density at radius 1 is 1.26 bits per heavy atom. The van der Waals surface area contributed by atoms with Crippen molar-refractivity contribution in [2.75, 3.05) is 5.32 Å². The number of carbonyl (C=O) groups excluding carboxylic acids is 1. The van der Waals surface area contributed by atoms with E-state index in [1.165, 1.54) is 12.4 Å². The van der Waals surface area contributed by atoms with Gasteiger partial charge in [-0.1, -0.05) is 12.1 Å². The molecule has 0 bridgehead atoms. The van der Waals surface area contributed by atoms with E-state index in [1.807, 2.05) is 0 Å². The van der Waals surface area contributed by atoms with Gasteiger partial charge in [-0.2, -0.15) is 0 Å². The first-order chi connectivity index (χ1) is 13.1. The lowest BCUT2D eigenvalue weighted by Gasteiger charge is -2.05. The Labute approximate surface area is 157 Å². The number of hydrogen-bond acceptors (Lipinski definition) is 6. The number of thiazole rings is 1. The number of carbonyl (C=O) groups is 1. The Balaban J connectivity index is 1.59. The second-order valence-corrected chi connectivity index (χ2v) is 6.60. The Morgan fingerprint density at radius 3 is 2.89 bits per heavy atom. The van der Waals surface area contributed by atoms with Crippen LogP contribution in [0.4, 0.5) is 10.2 Å². The number of nitrogens with zero attached hydrogens (tertiary/aromatic N) is 5. The minimum atomic E-state index is -0.376. The molecule has 134 valence electrons. The largest absolute Gasteiger partial charge is 0.306 e. The fourth-order valence-corrected chi connectivity index (χ4v) is 3.47. The van der Waals surface area contributed by atoms with Gasteiger partial charge in [-0.3, -0.25) is 9.36 Å². The summed E-state index contributed by atoms with van der Waals surface area (Å²) in [6.07, 6.45) is 6.32. The predicted octanol–water partition coefficient (Wildman–Crippen LogP) is 3.49. The molecule has 9 heteroatoms. The van der Waals surface area contributed by atoms with E-state index in [0.29, 0.717) is 32.8 Å². The number of amides is 1. The second-order valence-electron chi connectivity index (χ2n) is 5.60. The van der Waals surface area contributed by atoms with Gasteiger partial charge >= 0.3 is 0 Å². The summed E-state index contributed by atoms with van der Waals surface area (Å²) >= 11 is 1.13. The quantitative estimate of drug-likeness (QED) is 0.586. The maximum atomic E-state index is 14.0. The van der Waals surface area contributed by atoms with Crippen molar-refractivity contribution in [3.8, 4) is 16.4 Å². The van der Waals surface area contributed by atoms with Crippen LogP contribution in [0.1, 0.15) is 15.4 Å². The molecule has 3 aromatic heterocycles. The first-order valence-corrected chi connectivity index (χ1v) is 8.77. The van der Waals surface area contributed by atoms with Gasteiger partial charge in [0.25, 0.3) is 5.91 Å². The molecule has 4 rings (SSSR count). The monoisotopic (exact) mass is 380 g/mol. The zero-order valence-electron chi connectivity index (χ0n) is 14.1. The SMILES string of the molecule is Cc1nc(-c2ccccc2F)sc1C(=O)Nc1cc(-n2ccnc2)ncn1. The van der Waals surface area contributed by atoms with E-state index in [0.717, 1.165) is 11.3 Å². The smallest absolute Gasteiger partial charge is 0.268 e. The van der Waals surface area contributed by atoms with E-state index in [-0.39, 0.29) is 11.7 Å². The van der Waals surface area contributed by atoms with Crippen molar-refractivity contribution in [3.63, 3.8) is 0 Å². The third-order valence-corrected chi connectivity index (χ3v) is 4.96. The topological polar surface area (TPSA) is 85.6 Å². The Bertz CT molecular complexity index is 1110. The Hall–Kier alpha value is -3.46. The van der Waals surface area contributed by atoms with Crippen LogP contribution in [-0.4, -0.2) is 30.4 Å². The van der Waals surface area contributed by atoms with Crippen molar-refractivity contribution in [1.82, 2.24) is 24.5 Å². The van der Waals surface area contributed by atoms with Crippen LogP contribution in [0.5, 0.6) is 0 Å². The third kappa shape index (κ3) is 3.44. The number of nitrogens with one attached hydrogen (secondary N) is 1. The molecule has 1 amide bonds. The summed E-state index contributed by atoms with van der Waals surface area (Å²) in [6.45, 7) is 1.71. The minimum Gasteiger partial charge on any atom is -0.306 e. The molecule has 0 aliphatic heterocycles. The first kappa shape index (κ1) is 17.0. The number of aryl methyl sites for hydroxylation is 1. The number of hydrogen-bond donors (Lipinski definition) is 1. The molecule has 0 spiro atoms. The molecule has 0 fully saturated rings. The molecule has 4 aromatic rings. The summed E-state index contributed by atoms with van der Waals surface area (Å²) in [4.78, 5) is 29.6. The highest BCUT2D eigenvalue weighted by Crippen LogP contribution is 2.30. The van der Waals surface area contributed by atoms with Gasteiger partial charge in [0.05, 0.1) is 5.69 Å². The molecule has 0 atom stereocenters. The Morgan fingerprint density at radius 2 is 2.11 bits per heavy atom. The van der Waals surface area contributed by atoms with E-state index in [4.69, 9.17) is 0 Å². The molecule has 7 nitrogen and oxygen atoms in total. The average molecular weight is 380 g/mol. The third-order valence-electron chi connectivity index (χ3n) is 3.77. The van der Waals surface area contributed by atoms with Crippen LogP contribution < -0.4 is 5.32 Å². The van der Waals surface area contributed by atoms with E-state index >= 15 is 0 Å². The van der Waals surface area contributed by atoms with E-state index in [1.54, 1.807) is 54.5 Å². The molecule has 0 radical (unpaired) electrons. The first-order valence-electron chi connectivity index (χ1n) is 7.96. The van der Waals surface area contributed by atoms with Crippen molar-refractivity contribution >= 4 is 23.1 Å². The van der Waals surface area contributed by atoms with Crippen molar-refractivity contribution in [3.05, 3.63) is 71.8 Å². The molecule has 3 heterocycles. The van der Waals surface area contributed by atoms with Gasteiger partial charge in [0.15, 0.2) is 0 Å². The number of benzene rings is 1. The van der Waals surface area contributed by atoms with Crippen molar-refractivity contribution in [2.45, 2.75) is 6.92 Å². The normalized spacial score (nSPS) is 10.7. The van der Waals surface area contributed by atoms with Gasteiger partial charge in [-0.05, 0) is 19.1 Å². The zero-order valence-corrected chi connectivity index (χ0v) is 14.9. The summed E-state index contributed by atoms with van der Waals surface area (Å²) in [5.74, 6) is 0.187. The maximum absolute atomic E-state index is 14.0. The van der Waals surface area contributed by atoms with E-state index < -0.39 is 0 Å². The van der Waals surface area contributed by atoms with Crippen LogP contribution in [0, 0.1) is 12.7 Å². The fraction of sp³-hybridized carbons (Fsp3) is 0.0556. The number of aromatic nitrogens is 5. The number of rotatable bonds is 4. The molecule has 0 saturated carbocycles. The minimum absolute atomic E-state index is 0.346. The summed E-state index contributed by atoms with van der Waals surface area (Å²) in [6, 6.07) is 7.97. The predicted molar refractivity (Wildman–Crippen MR) is 99.4 cm³/mol. The van der Waals surface area contributed by atoms with Crippen LogP contribution in [-0.2, 0) is 0 Å². The lowest BCUT2D eigenvalue weighted by molar-refractivity contribution is 0.102. The van der Waals surface area contributed by atoms with Crippen molar-refractivity contribution in [2.24, 2.45) is 0 Å². The lowest BCUT2D eigenvalue weighted by atomic mass is 10.2. The lowest BCUT2D eigenvalue weighted by Crippen LogP contribution is -2.13. The van der Waals surface area contributed by atoms with Gasteiger partial charge in [-0.25, -0.2) is 24.3 Å². The van der Waals surface area contributed by atoms with Crippen LogP contribution in [0.3, 0.4) is 0 Å². The van der Waals surface area contributed by atoms with E-state index in [9.17, 15) is 9.18 Å². The highest BCUT2D eigenvalue weighted by atomic mass is 32.1. The molecular formula is C18H13FN6OS. The molecule has 0 aliphatic rings. The van der Waals surface area contributed by atoms with E-state index in [2.05, 4.69) is 25.3 Å². The van der Waals surface area contributed by atoms with Gasteiger partial charge in [-0.15, -0.1) is 11.3 Å². The van der Waals surface area contributed by atoms with Crippen LogP contribution >= 0.6 is 11.3 Å². The van der Waals surface area contributed by atoms with Crippen molar-refractivity contribution < 1.29 is 9.18 Å². The van der Waals surface area contributed by atoms with Crippen LogP contribution in [0.15, 0.2) is 55.4 Å². The molecule has 1 N–H and O–H groups in total. The standard InChI is InChI=1S/C18H13FN6OS/c1-11-16(27-18(23-11)12-4-2-3-5-13(12)19)17(26)24-14-8-15(22-9-21-14)25-7-6-20-10-25/h2-10H,1H3,(H,21,22,24,26). The summed E-state index contributed by atoms with van der Waals surface area (Å²) in [5.41, 5.74) is 0.897. The van der Waals surface area contributed by atoms with Gasteiger partial charge in [0.1, 0.15) is 40.0 Å². The summed E-state index contributed by atoms with van der Waals surface area (Å²) < 4.78 is 15.7. The van der Waals surface area contributed by atoms with Gasteiger partial charge in [0.2, 0.25) is 0 Å². The van der Waals surface area contributed by atoms with Crippen LogP contribution in [0.2, 0.25) is 0 Å². The Kier molecular flexibility index (Phi) is 4.43. The molecular weight excluding hydrogens is 367 g/mol. The number of imidazole rings is 1. The molecule has 27 heavy (non-hydrogen) atoms. The van der Waals surface area contributed by atoms with Crippen LogP contribution in [0.25, 0.3) is 16.4 Å². The maximum Gasteiger partial charge on any atom is 0.268 e. The molecule has 0 saturated heterocycles. The summed E-state index contributed by atoms with van der Waals surface area (Å²) in [5, 5.41) is 3.19.